The molecule has 4 aromatic rings. The molecular formula is C32H25Cl2FN2O4. The van der Waals surface area contributed by atoms with Gasteiger partial charge in [0.25, 0.3) is 5.91 Å². The summed E-state index contributed by atoms with van der Waals surface area (Å²) in [5, 5.41) is 13.2. The zero-order chi connectivity index (χ0) is 29.2. The Labute approximate surface area is 247 Å². The molecule has 0 bridgehead atoms. The van der Waals surface area contributed by atoms with Crippen LogP contribution >= 0.6 is 23.2 Å². The molecule has 0 fully saturated rings. The quantitative estimate of drug-likeness (QED) is 0.140. The Hall–Kier alpha value is -4.51. The highest BCUT2D eigenvalue weighted by molar-refractivity contribution is 6.32. The molecule has 6 nitrogen and oxygen atoms in total. The Balaban J connectivity index is 1.44. The molecule has 0 aromatic heterocycles. The van der Waals surface area contributed by atoms with E-state index in [-0.39, 0.29) is 23.0 Å². The third-order valence-corrected chi connectivity index (χ3v) is 6.42. The van der Waals surface area contributed by atoms with Crippen LogP contribution in [0.25, 0.3) is 6.08 Å². The van der Waals surface area contributed by atoms with Crippen LogP contribution in [-0.2, 0) is 18.0 Å². The first-order valence-corrected chi connectivity index (χ1v) is 13.3. The van der Waals surface area contributed by atoms with Crippen LogP contribution in [0.1, 0.15) is 23.6 Å². The molecule has 1 N–H and O–H groups in total. The Morgan fingerprint density at radius 2 is 1.66 bits per heavy atom. The van der Waals surface area contributed by atoms with E-state index in [4.69, 9.17) is 37.4 Å². The van der Waals surface area contributed by atoms with Crippen LogP contribution in [0.4, 0.5) is 10.1 Å². The van der Waals surface area contributed by atoms with Crippen LogP contribution in [0.3, 0.4) is 0 Å². The third-order valence-electron chi connectivity index (χ3n) is 5.77. The van der Waals surface area contributed by atoms with Crippen LogP contribution in [0.15, 0.2) is 90.5 Å². The lowest BCUT2D eigenvalue weighted by atomic mass is 10.1. The van der Waals surface area contributed by atoms with Crippen LogP contribution in [0.2, 0.25) is 10.0 Å². The number of nitriles is 1. The number of rotatable bonds is 11. The van der Waals surface area contributed by atoms with E-state index in [9.17, 15) is 14.4 Å². The predicted molar refractivity (Wildman–Crippen MR) is 158 cm³/mol. The van der Waals surface area contributed by atoms with E-state index in [1.54, 1.807) is 61.5 Å². The van der Waals surface area contributed by atoms with Crippen LogP contribution in [0.5, 0.6) is 17.2 Å². The summed E-state index contributed by atoms with van der Waals surface area (Å²) in [6, 6.07) is 25.2. The lowest BCUT2D eigenvalue weighted by Crippen LogP contribution is -2.13. The van der Waals surface area contributed by atoms with Crippen molar-refractivity contribution in [3.63, 3.8) is 0 Å². The molecule has 0 atom stereocenters. The van der Waals surface area contributed by atoms with Gasteiger partial charge in [-0.25, -0.2) is 4.39 Å². The Morgan fingerprint density at radius 1 is 0.927 bits per heavy atom. The number of nitrogens with one attached hydrogen (secondary N) is 1. The largest absolute Gasteiger partial charge is 0.490 e. The molecule has 0 aliphatic carbocycles. The minimum Gasteiger partial charge on any atom is -0.490 e. The molecule has 0 heterocycles. The Bertz CT molecular complexity index is 1580. The SMILES string of the molecule is CCOc1cc(/C=C(\C#N)C(=O)Nc2ccc(OCc3ccccc3Cl)cc2)cc(Cl)c1OCc1ccc(F)cc1. The van der Waals surface area contributed by atoms with Gasteiger partial charge in [0.05, 0.1) is 11.6 Å². The summed E-state index contributed by atoms with van der Waals surface area (Å²) in [6.07, 6.45) is 1.41. The van der Waals surface area contributed by atoms with E-state index >= 15 is 0 Å². The number of hydrogen-bond donors (Lipinski definition) is 1. The zero-order valence-corrected chi connectivity index (χ0v) is 23.5. The molecule has 0 unspecified atom stereocenters. The van der Waals surface area contributed by atoms with Gasteiger partial charge in [-0.05, 0) is 78.7 Å². The van der Waals surface area contributed by atoms with Crippen molar-refractivity contribution >= 4 is 40.9 Å². The molecule has 41 heavy (non-hydrogen) atoms. The van der Waals surface area contributed by atoms with E-state index in [2.05, 4.69) is 5.32 Å². The highest BCUT2D eigenvalue weighted by Gasteiger charge is 2.15. The summed E-state index contributed by atoms with van der Waals surface area (Å²) >= 11 is 12.7. The second-order valence-electron chi connectivity index (χ2n) is 8.71. The summed E-state index contributed by atoms with van der Waals surface area (Å²) in [5.41, 5.74) is 2.43. The second-order valence-corrected chi connectivity index (χ2v) is 9.52. The van der Waals surface area contributed by atoms with Gasteiger partial charge in [0.1, 0.15) is 36.4 Å². The average Bonchev–Trinajstić information content (AvgIpc) is 2.97. The van der Waals surface area contributed by atoms with Crippen molar-refractivity contribution in [2.45, 2.75) is 20.1 Å². The molecule has 0 saturated heterocycles. The fraction of sp³-hybridized carbons (Fsp3) is 0.125. The molecule has 4 aromatic carbocycles. The number of carbonyl (C=O) groups excluding carboxylic acids is 1. The first-order chi connectivity index (χ1) is 19.9. The second kappa shape index (κ2) is 14.2. The monoisotopic (exact) mass is 590 g/mol. The van der Waals surface area contributed by atoms with E-state index in [1.165, 1.54) is 18.2 Å². The zero-order valence-electron chi connectivity index (χ0n) is 22.0. The number of carbonyl (C=O) groups is 1. The fourth-order valence-corrected chi connectivity index (χ4v) is 4.20. The number of benzene rings is 4. The summed E-state index contributed by atoms with van der Waals surface area (Å²) in [6.45, 7) is 2.58. The fourth-order valence-electron chi connectivity index (χ4n) is 3.74. The molecule has 0 aliphatic heterocycles. The Morgan fingerprint density at radius 3 is 2.34 bits per heavy atom. The highest BCUT2D eigenvalue weighted by Crippen LogP contribution is 2.38. The van der Waals surface area contributed by atoms with Gasteiger partial charge in [-0.1, -0.05) is 53.5 Å². The molecule has 9 heteroatoms. The van der Waals surface area contributed by atoms with Crippen molar-refractivity contribution in [2.75, 3.05) is 11.9 Å². The lowest BCUT2D eigenvalue weighted by Gasteiger charge is -2.15. The van der Waals surface area contributed by atoms with Gasteiger partial charge in [-0.2, -0.15) is 5.26 Å². The van der Waals surface area contributed by atoms with Gasteiger partial charge < -0.3 is 19.5 Å². The smallest absolute Gasteiger partial charge is 0.266 e. The standard InChI is InChI=1S/C32H25Cl2FN2O4/c1-2-39-30-17-22(16-29(34)31(30)41-19-21-7-9-25(35)10-8-21)15-24(18-36)32(38)37-26-11-13-27(14-12-26)40-20-23-5-3-4-6-28(23)33/h3-17H,2,19-20H2,1H3,(H,37,38)/b24-15+. The molecular weight excluding hydrogens is 566 g/mol. The molecule has 0 radical (unpaired) electrons. The van der Waals surface area contributed by atoms with Gasteiger partial charge in [-0.3, -0.25) is 4.79 Å². The molecule has 0 spiro atoms. The Kier molecular flexibility index (Phi) is 10.2. The number of halogens is 3. The molecule has 4 rings (SSSR count). The number of nitrogens with zero attached hydrogens (tertiary/aromatic N) is 1. The number of hydrogen-bond acceptors (Lipinski definition) is 5. The molecule has 1 amide bonds. The van der Waals surface area contributed by atoms with Crippen molar-refractivity contribution < 1.29 is 23.4 Å². The highest BCUT2D eigenvalue weighted by atomic mass is 35.5. The maximum absolute atomic E-state index is 13.2. The van der Waals surface area contributed by atoms with E-state index in [0.717, 1.165) is 11.1 Å². The van der Waals surface area contributed by atoms with Gasteiger partial charge in [0, 0.05) is 16.3 Å². The van der Waals surface area contributed by atoms with Crippen molar-refractivity contribution in [1.29, 1.82) is 5.26 Å². The molecule has 0 saturated carbocycles. The average molecular weight is 591 g/mol. The van der Waals surface area contributed by atoms with Crippen molar-refractivity contribution in [1.82, 2.24) is 0 Å². The van der Waals surface area contributed by atoms with Crippen molar-refractivity contribution in [2.24, 2.45) is 0 Å². The van der Waals surface area contributed by atoms with Crippen LogP contribution < -0.4 is 19.5 Å². The first-order valence-electron chi connectivity index (χ1n) is 12.6. The summed E-state index contributed by atoms with van der Waals surface area (Å²) in [7, 11) is 0. The summed E-state index contributed by atoms with van der Waals surface area (Å²) in [5.74, 6) is 0.306. The first kappa shape index (κ1) is 29.5. The number of ether oxygens (including phenoxy) is 3. The topological polar surface area (TPSA) is 80.6 Å². The van der Waals surface area contributed by atoms with Crippen LogP contribution in [0, 0.1) is 17.1 Å². The maximum atomic E-state index is 13.2. The van der Waals surface area contributed by atoms with Crippen molar-refractivity contribution in [3.8, 4) is 23.3 Å². The van der Waals surface area contributed by atoms with Gasteiger partial charge in [0.15, 0.2) is 11.5 Å². The normalized spacial score (nSPS) is 11.0. The third kappa shape index (κ3) is 8.24. The number of amides is 1. The van der Waals surface area contributed by atoms with E-state index in [0.29, 0.717) is 46.7 Å². The van der Waals surface area contributed by atoms with E-state index < -0.39 is 5.91 Å². The predicted octanol–water partition coefficient (Wildman–Crippen LogP) is 8.23. The summed E-state index contributed by atoms with van der Waals surface area (Å²) < 4.78 is 30.5. The number of anilines is 1. The van der Waals surface area contributed by atoms with Crippen LogP contribution in [-0.4, -0.2) is 12.5 Å². The van der Waals surface area contributed by atoms with Crippen molar-refractivity contribution in [3.05, 3.63) is 123 Å². The minimum atomic E-state index is -0.594. The van der Waals surface area contributed by atoms with Gasteiger partial charge in [0.2, 0.25) is 0 Å². The summed E-state index contributed by atoms with van der Waals surface area (Å²) in [4.78, 5) is 12.9. The van der Waals surface area contributed by atoms with Gasteiger partial charge in [-0.15, -0.1) is 0 Å². The molecule has 0 aliphatic rings. The minimum absolute atomic E-state index is 0.137. The van der Waals surface area contributed by atoms with Gasteiger partial charge >= 0.3 is 0 Å². The van der Waals surface area contributed by atoms with E-state index in [1.807, 2.05) is 24.3 Å². The maximum Gasteiger partial charge on any atom is 0.266 e. The lowest BCUT2D eigenvalue weighted by molar-refractivity contribution is -0.112. The molecule has 208 valence electrons.